The van der Waals surface area contributed by atoms with Crippen LogP contribution in [0.4, 0.5) is 4.39 Å². The van der Waals surface area contributed by atoms with Crippen molar-refractivity contribution in [1.29, 1.82) is 0 Å². The zero-order valence-electron chi connectivity index (χ0n) is 9.02. The van der Waals surface area contributed by atoms with Gasteiger partial charge < -0.3 is 9.84 Å². The fourth-order valence-electron chi connectivity index (χ4n) is 1.13. The van der Waals surface area contributed by atoms with Crippen LogP contribution in [0.15, 0.2) is 24.3 Å². The smallest absolute Gasteiger partial charge is 0.328 e. The molecule has 0 aliphatic carbocycles. The molecule has 0 bridgehead atoms. The maximum absolute atomic E-state index is 13.4. The second-order valence-electron chi connectivity index (χ2n) is 3.16. The SMILES string of the molecule is C#CCCOc1ccc(/C=C/C(=O)O)cc1F. The molecule has 0 saturated carbocycles. The van der Waals surface area contributed by atoms with E-state index in [1.165, 1.54) is 18.2 Å². The van der Waals surface area contributed by atoms with Gasteiger partial charge >= 0.3 is 5.97 Å². The summed E-state index contributed by atoms with van der Waals surface area (Å²) in [5.74, 6) is 0.852. The van der Waals surface area contributed by atoms with Crippen molar-refractivity contribution in [2.75, 3.05) is 6.61 Å². The third-order valence-electron chi connectivity index (χ3n) is 1.88. The van der Waals surface area contributed by atoms with Crippen LogP contribution in [0.5, 0.6) is 5.75 Å². The molecular formula is C13H11FO3. The lowest BCUT2D eigenvalue weighted by Gasteiger charge is -2.05. The Kier molecular flexibility index (Phi) is 4.77. The maximum atomic E-state index is 13.4. The van der Waals surface area contributed by atoms with E-state index >= 15 is 0 Å². The first-order valence-corrected chi connectivity index (χ1v) is 4.90. The first kappa shape index (κ1) is 12.8. The highest BCUT2D eigenvalue weighted by atomic mass is 19.1. The molecule has 3 nitrogen and oxygen atoms in total. The van der Waals surface area contributed by atoms with Gasteiger partial charge in [-0.1, -0.05) is 6.07 Å². The maximum Gasteiger partial charge on any atom is 0.328 e. The molecule has 1 rings (SSSR count). The highest BCUT2D eigenvalue weighted by Crippen LogP contribution is 2.19. The van der Waals surface area contributed by atoms with Crippen LogP contribution in [0.3, 0.4) is 0 Å². The van der Waals surface area contributed by atoms with Gasteiger partial charge in [0.05, 0.1) is 6.61 Å². The van der Waals surface area contributed by atoms with Crippen molar-refractivity contribution in [2.45, 2.75) is 6.42 Å². The molecule has 1 N–H and O–H groups in total. The molecule has 0 radical (unpaired) electrons. The number of carboxylic acids is 1. The minimum Gasteiger partial charge on any atom is -0.490 e. The topological polar surface area (TPSA) is 46.5 Å². The summed E-state index contributed by atoms with van der Waals surface area (Å²) in [4.78, 5) is 10.3. The number of aliphatic carboxylic acids is 1. The number of hydrogen-bond acceptors (Lipinski definition) is 2. The van der Waals surface area contributed by atoms with Crippen molar-refractivity contribution < 1.29 is 19.0 Å². The molecule has 0 aliphatic heterocycles. The van der Waals surface area contributed by atoms with Crippen molar-refractivity contribution in [1.82, 2.24) is 0 Å². The largest absolute Gasteiger partial charge is 0.490 e. The molecule has 0 unspecified atom stereocenters. The van der Waals surface area contributed by atoms with E-state index in [1.807, 2.05) is 0 Å². The van der Waals surface area contributed by atoms with Gasteiger partial charge in [0.2, 0.25) is 0 Å². The summed E-state index contributed by atoms with van der Waals surface area (Å²) in [6, 6.07) is 4.20. The number of benzene rings is 1. The van der Waals surface area contributed by atoms with Gasteiger partial charge in [0.1, 0.15) is 0 Å². The molecule has 88 valence electrons. The molecule has 1 aromatic carbocycles. The monoisotopic (exact) mass is 234 g/mol. The van der Waals surface area contributed by atoms with Crippen LogP contribution in [-0.4, -0.2) is 17.7 Å². The van der Waals surface area contributed by atoms with E-state index in [4.69, 9.17) is 16.3 Å². The second kappa shape index (κ2) is 6.33. The molecule has 0 spiro atoms. The molecule has 0 atom stereocenters. The highest BCUT2D eigenvalue weighted by molar-refractivity contribution is 5.85. The number of carboxylic acid groups (broad SMARTS) is 1. The minimum atomic E-state index is -1.08. The van der Waals surface area contributed by atoms with Crippen LogP contribution in [-0.2, 0) is 4.79 Å². The molecule has 0 amide bonds. The van der Waals surface area contributed by atoms with Gasteiger partial charge in [0, 0.05) is 12.5 Å². The van der Waals surface area contributed by atoms with E-state index in [0.717, 1.165) is 6.08 Å². The number of terminal acetylenes is 1. The summed E-state index contributed by atoms with van der Waals surface area (Å²) in [6.07, 6.45) is 7.68. The van der Waals surface area contributed by atoms with E-state index < -0.39 is 11.8 Å². The van der Waals surface area contributed by atoms with Gasteiger partial charge in [-0.05, 0) is 23.8 Å². The molecule has 0 aliphatic rings. The molecular weight excluding hydrogens is 223 g/mol. The summed E-state index contributed by atoms with van der Waals surface area (Å²) in [5, 5.41) is 8.42. The van der Waals surface area contributed by atoms with Crippen LogP contribution in [0.2, 0.25) is 0 Å². The molecule has 4 heteroatoms. The lowest BCUT2D eigenvalue weighted by Crippen LogP contribution is -1.98. The number of ether oxygens (including phenoxy) is 1. The Bertz CT molecular complexity index is 472. The standard InChI is InChI=1S/C13H11FO3/c1-2-3-8-17-12-6-4-10(9-11(12)14)5-7-13(15)16/h1,4-7,9H,3,8H2,(H,15,16)/b7-5+. The number of rotatable bonds is 5. The van der Waals surface area contributed by atoms with E-state index in [9.17, 15) is 9.18 Å². The van der Waals surface area contributed by atoms with Crippen LogP contribution in [0.1, 0.15) is 12.0 Å². The average molecular weight is 234 g/mol. The van der Waals surface area contributed by atoms with Crippen LogP contribution in [0.25, 0.3) is 6.08 Å². The van der Waals surface area contributed by atoms with Gasteiger partial charge in [-0.25, -0.2) is 9.18 Å². The Hall–Kier alpha value is -2.28. The van der Waals surface area contributed by atoms with E-state index in [0.29, 0.717) is 12.0 Å². The number of halogens is 1. The fraction of sp³-hybridized carbons (Fsp3) is 0.154. The lowest BCUT2D eigenvalue weighted by molar-refractivity contribution is -0.131. The van der Waals surface area contributed by atoms with Gasteiger partial charge in [0.25, 0.3) is 0 Å². The van der Waals surface area contributed by atoms with Crippen molar-refractivity contribution >= 4 is 12.0 Å². The van der Waals surface area contributed by atoms with E-state index in [2.05, 4.69) is 5.92 Å². The molecule has 0 heterocycles. The molecule has 0 fully saturated rings. The highest BCUT2D eigenvalue weighted by Gasteiger charge is 2.03. The average Bonchev–Trinajstić information content (AvgIpc) is 2.29. The fourth-order valence-corrected chi connectivity index (χ4v) is 1.13. The third-order valence-corrected chi connectivity index (χ3v) is 1.88. The Balaban J connectivity index is 2.73. The van der Waals surface area contributed by atoms with Crippen molar-refractivity contribution in [2.24, 2.45) is 0 Å². The normalized spacial score (nSPS) is 10.1. The molecule has 0 saturated heterocycles. The van der Waals surface area contributed by atoms with Crippen molar-refractivity contribution in [3.63, 3.8) is 0 Å². The van der Waals surface area contributed by atoms with Gasteiger partial charge in [-0.2, -0.15) is 0 Å². The predicted octanol–water partition coefficient (Wildman–Crippen LogP) is 2.33. The van der Waals surface area contributed by atoms with Crippen LogP contribution >= 0.6 is 0 Å². The van der Waals surface area contributed by atoms with Crippen LogP contribution < -0.4 is 4.74 Å². The second-order valence-corrected chi connectivity index (χ2v) is 3.16. The summed E-state index contributed by atoms with van der Waals surface area (Å²) >= 11 is 0. The Labute approximate surface area is 98.5 Å². The Morgan fingerprint density at radius 3 is 2.94 bits per heavy atom. The van der Waals surface area contributed by atoms with Crippen molar-refractivity contribution in [3.8, 4) is 18.1 Å². The molecule has 17 heavy (non-hydrogen) atoms. The molecule has 1 aromatic rings. The van der Waals surface area contributed by atoms with E-state index in [1.54, 1.807) is 6.07 Å². The summed E-state index contributed by atoms with van der Waals surface area (Å²) in [6.45, 7) is 0.248. The first-order valence-electron chi connectivity index (χ1n) is 4.90. The summed E-state index contributed by atoms with van der Waals surface area (Å²) < 4.78 is 18.5. The number of carbonyl (C=O) groups is 1. The zero-order valence-corrected chi connectivity index (χ0v) is 9.02. The Morgan fingerprint density at radius 2 is 2.35 bits per heavy atom. The number of hydrogen-bond donors (Lipinski definition) is 1. The van der Waals surface area contributed by atoms with Gasteiger partial charge in [-0.3, -0.25) is 0 Å². The Morgan fingerprint density at radius 1 is 1.59 bits per heavy atom. The quantitative estimate of drug-likeness (QED) is 0.483. The van der Waals surface area contributed by atoms with Gasteiger partial charge in [-0.15, -0.1) is 12.3 Å². The minimum absolute atomic E-state index is 0.104. The predicted molar refractivity (Wildman–Crippen MR) is 62.0 cm³/mol. The third kappa shape index (κ3) is 4.39. The lowest BCUT2D eigenvalue weighted by atomic mass is 10.2. The zero-order chi connectivity index (χ0) is 12.7. The van der Waals surface area contributed by atoms with Crippen molar-refractivity contribution in [3.05, 3.63) is 35.7 Å². The van der Waals surface area contributed by atoms with Crippen LogP contribution in [0, 0.1) is 18.2 Å². The molecule has 0 aromatic heterocycles. The van der Waals surface area contributed by atoms with E-state index in [-0.39, 0.29) is 12.4 Å². The summed E-state index contributed by atoms with van der Waals surface area (Å²) in [5.41, 5.74) is 0.453. The summed E-state index contributed by atoms with van der Waals surface area (Å²) in [7, 11) is 0. The first-order chi connectivity index (χ1) is 8.13. The van der Waals surface area contributed by atoms with Gasteiger partial charge in [0.15, 0.2) is 11.6 Å².